The van der Waals surface area contributed by atoms with Crippen molar-refractivity contribution >= 4 is 10.8 Å². The van der Waals surface area contributed by atoms with E-state index in [1.165, 1.54) is 0 Å². The van der Waals surface area contributed by atoms with Crippen molar-refractivity contribution in [1.82, 2.24) is 0 Å². The van der Waals surface area contributed by atoms with Crippen LogP contribution in [0.25, 0.3) is 10.8 Å². The number of rotatable bonds is 2. The van der Waals surface area contributed by atoms with E-state index in [-0.39, 0.29) is 17.6 Å². The van der Waals surface area contributed by atoms with Crippen molar-refractivity contribution in [3.8, 4) is 23.3 Å². The molecule has 1 heterocycles. The lowest BCUT2D eigenvalue weighted by molar-refractivity contribution is 0.394. The van der Waals surface area contributed by atoms with Crippen LogP contribution in [0.3, 0.4) is 0 Å². The highest BCUT2D eigenvalue weighted by Crippen LogP contribution is 2.46. The van der Waals surface area contributed by atoms with Crippen molar-refractivity contribution in [3.05, 3.63) is 77.2 Å². The maximum Gasteiger partial charge on any atom is 0.205 e. The van der Waals surface area contributed by atoms with Crippen molar-refractivity contribution < 1.29 is 14.6 Å². The largest absolute Gasteiger partial charge is 0.508 e. The normalized spacial score (nSPS) is 15.9. The Morgan fingerprint density at radius 1 is 1.12 bits per heavy atom. The van der Waals surface area contributed by atoms with Gasteiger partial charge in [-0.15, -0.1) is 0 Å². The molecule has 1 aliphatic rings. The van der Waals surface area contributed by atoms with Gasteiger partial charge in [-0.25, -0.2) is 0 Å². The number of fused-ring (bicyclic) bond motifs is 3. The van der Waals surface area contributed by atoms with Gasteiger partial charge in [-0.05, 0) is 46.7 Å². The number of nitrogens with zero attached hydrogens (tertiary/aromatic N) is 1. The quantitative estimate of drug-likeness (QED) is 0.739. The zero-order valence-corrected chi connectivity index (χ0v) is 14.1. The SMILES string of the molecule is COc1ccc(C2C(C#N)=C(N)Oc3ccc4ccc(O)cc4c32)cc1. The highest BCUT2D eigenvalue weighted by Gasteiger charge is 2.32. The second kappa shape index (κ2) is 6.01. The van der Waals surface area contributed by atoms with Gasteiger partial charge in [-0.1, -0.05) is 24.3 Å². The minimum atomic E-state index is -0.389. The number of hydrogen-bond donors (Lipinski definition) is 2. The molecular formula is C21H16N2O3. The fourth-order valence-corrected chi connectivity index (χ4v) is 3.41. The van der Waals surface area contributed by atoms with Gasteiger partial charge in [0.05, 0.1) is 13.0 Å². The van der Waals surface area contributed by atoms with E-state index in [9.17, 15) is 10.4 Å². The summed E-state index contributed by atoms with van der Waals surface area (Å²) in [5.74, 6) is 1.17. The molecule has 26 heavy (non-hydrogen) atoms. The van der Waals surface area contributed by atoms with Crippen LogP contribution in [0.15, 0.2) is 66.1 Å². The molecule has 3 aromatic rings. The minimum Gasteiger partial charge on any atom is -0.508 e. The van der Waals surface area contributed by atoms with Crippen LogP contribution in [-0.2, 0) is 0 Å². The number of methoxy groups -OCH3 is 1. The zero-order valence-electron chi connectivity index (χ0n) is 14.1. The lowest BCUT2D eigenvalue weighted by Gasteiger charge is -2.28. The van der Waals surface area contributed by atoms with Gasteiger partial charge < -0.3 is 20.3 Å². The van der Waals surface area contributed by atoms with Gasteiger partial charge in [0.1, 0.15) is 28.9 Å². The second-order valence-corrected chi connectivity index (χ2v) is 6.08. The predicted molar refractivity (Wildman–Crippen MR) is 97.9 cm³/mol. The summed E-state index contributed by atoms with van der Waals surface area (Å²) in [5.41, 5.74) is 8.08. The van der Waals surface area contributed by atoms with Crippen LogP contribution in [-0.4, -0.2) is 12.2 Å². The molecule has 0 saturated heterocycles. The number of phenolic OH excluding ortho intramolecular Hbond substituents is 1. The van der Waals surface area contributed by atoms with Crippen LogP contribution in [0.5, 0.6) is 17.2 Å². The van der Waals surface area contributed by atoms with Crippen LogP contribution >= 0.6 is 0 Å². The van der Waals surface area contributed by atoms with Crippen LogP contribution in [0, 0.1) is 11.3 Å². The number of nitrogens with two attached hydrogens (primary N) is 1. The summed E-state index contributed by atoms with van der Waals surface area (Å²) in [4.78, 5) is 0. The maximum atomic E-state index is 9.97. The molecule has 1 aliphatic heterocycles. The van der Waals surface area contributed by atoms with Crippen LogP contribution < -0.4 is 15.2 Å². The molecule has 0 radical (unpaired) electrons. The number of aromatic hydroxyl groups is 1. The molecule has 0 fully saturated rings. The lowest BCUT2D eigenvalue weighted by atomic mass is 9.81. The Morgan fingerprint density at radius 2 is 1.85 bits per heavy atom. The van der Waals surface area contributed by atoms with E-state index in [1.807, 2.05) is 42.5 Å². The monoisotopic (exact) mass is 344 g/mol. The van der Waals surface area contributed by atoms with E-state index >= 15 is 0 Å². The topological polar surface area (TPSA) is 88.5 Å². The third-order valence-corrected chi connectivity index (χ3v) is 4.64. The highest BCUT2D eigenvalue weighted by molar-refractivity contribution is 5.91. The first-order valence-corrected chi connectivity index (χ1v) is 8.09. The van der Waals surface area contributed by atoms with Crippen molar-refractivity contribution in [2.24, 2.45) is 5.73 Å². The average Bonchev–Trinajstić information content (AvgIpc) is 2.66. The summed E-state index contributed by atoms with van der Waals surface area (Å²) in [7, 11) is 1.60. The number of phenols is 1. The molecule has 0 aliphatic carbocycles. The van der Waals surface area contributed by atoms with E-state index < -0.39 is 0 Å². The number of hydrogen-bond acceptors (Lipinski definition) is 5. The number of ether oxygens (including phenoxy) is 2. The van der Waals surface area contributed by atoms with Crippen LogP contribution in [0.2, 0.25) is 0 Å². The Kier molecular flexibility index (Phi) is 3.67. The molecule has 0 amide bonds. The molecule has 1 atom stereocenters. The van der Waals surface area contributed by atoms with Gasteiger partial charge in [-0.3, -0.25) is 0 Å². The lowest BCUT2D eigenvalue weighted by Crippen LogP contribution is -2.21. The molecule has 5 heteroatoms. The first kappa shape index (κ1) is 15.9. The minimum absolute atomic E-state index is 0.0975. The second-order valence-electron chi connectivity index (χ2n) is 6.08. The van der Waals surface area contributed by atoms with Gasteiger partial charge in [0, 0.05) is 5.56 Å². The fourth-order valence-electron chi connectivity index (χ4n) is 3.41. The molecule has 0 bridgehead atoms. The van der Waals surface area contributed by atoms with Crippen molar-refractivity contribution in [2.75, 3.05) is 7.11 Å². The molecule has 3 aromatic carbocycles. The van der Waals surface area contributed by atoms with E-state index in [1.54, 1.807) is 19.2 Å². The molecule has 4 rings (SSSR count). The van der Waals surface area contributed by atoms with Gasteiger partial charge in [0.2, 0.25) is 5.88 Å². The standard InChI is InChI=1S/C21H16N2O3/c1-25-15-7-3-13(4-8-15)19-17(11-22)21(23)26-18-9-5-12-2-6-14(24)10-16(12)20(18)19/h2-10,19,24H,23H2,1H3. The number of nitriles is 1. The molecular weight excluding hydrogens is 328 g/mol. The molecule has 5 nitrogen and oxygen atoms in total. The third kappa shape index (κ3) is 2.40. The first-order chi connectivity index (χ1) is 12.6. The zero-order chi connectivity index (χ0) is 18.3. The molecule has 1 unspecified atom stereocenters. The van der Waals surface area contributed by atoms with Gasteiger partial charge in [0.15, 0.2) is 0 Å². The first-order valence-electron chi connectivity index (χ1n) is 8.09. The summed E-state index contributed by atoms with van der Waals surface area (Å²) in [5, 5.41) is 21.4. The molecule has 0 saturated carbocycles. The van der Waals surface area contributed by atoms with Crippen LogP contribution in [0.4, 0.5) is 0 Å². The van der Waals surface area contributed by atoms with E-state index in [0.29, 0.717) is 11.3 Å². The van der Waals surface area contributed by atoms with Gasteiger partial charge in [-0.2, -0.15) is 5.26 Å². The third-order valence-electron chi connectivity index (χ3n) is 4.64. The fraction of sp³-hybridized carbons (Fsp3) is 0.0952. The Bertz CT molecular complexity index is 1080. The molecule has 3 N–H and O–H groups in total. The van der Waals surface area contributed by atoms with E-state index in [0.717, 1.165) is 27.6 Å². The predicted octanol–water partition coefficient (Wildman–Crippen LogP) is 3.77. The Morgan fingerprint density at radius 3 is 2.54 bits per heavy atom. The summed E-state index contributed by atoms with van der Waals surface area (Å²) < 4.78 is 10.9. The summed E-state index contributed by atoms with van der Waals surface area (Å²) in [6, 6.07) is 18.6. The van der Waals surface area contributed by atoms with Gasteiger partial charge >= 0.3 is 0 Å². The molecule has 128 valence electrons. The molecule has 0 aromatic heterocycles. The Balaban J connectivity index is 2.02. The maximum absolute atomic E-state index is 9.97. The molecule has 0 spiro atoms. The summed E-state index contributed by atoms with van der Waals surface area (Å²) in [6.45, 7) is 0. The Hall–Kier alpha value is -3.65. The van der Waals surface area contributed by atoms with Crippen molar-refractivity contribution in [2.45, 2.75) is 5.92 Å². The summed E-state index contributed by atoms with van der Waals surface area (Å²) in [6.07, 6.45) is 0. The smallest absolute Gasteiger partial charge is 0.205 e. The Labute approximate surface area is 150 Å². The number of allylic oxidation sites excluding steroid dienone is 1. The van der Waals surface area contributed by atoms with E-state index in [4.69, 9.17) is 15.2 Å². The average molecular weight is 344 g/mol. The van der Waals surface area contributed by atoms with Crippen LogP contribution in [0.1, 0.15) is 17.0 Å². The summed E-state index contributed by atoms with van der Waals surface area (Å²) >= 11 is 0. The van der Waals surface area contributed by atoms with E-state index in [2.05, 4.69) is 6.07 Å². The van der Waals surface area contributed by atoms with Gasteiger partial charge in [0.25, 0.3) is 0 Å². The number of benzene rings is 3. The van der Waals surface area contributed by atoms with Crippen molar-refractivity contribution in [3.63, 3.8) is 0 Å². The highest BCUT2D eigenvalue weighted by atomic mass is 16.5. The van der Waals surface area contributed by atoms with Crippen molar-refractivity contribution in [1.29, 1.82) is 5.26 Å².